The summed E-state index contributed by atoms with van der Waals surface area (Å²) in [4.78, 5) is 14.6. The van der Waals surface area contributed by atoms with E-state index in [2.05, 4.69) is 9.80 Å². The number of piperazine rings is 1. The van der Waals surface area contributed by atoms with E-state index in [9.17, 15) is 41.6 Å². The van der Waals surface area contributed by atoms with Crippen LogP contribution in [-0.2, 0) is 12.4 Å². The van der Waals surface area contributed by atoms with Gasteiger partial charge in [-0.3, -0.25) is 15.0 Å². The van der Waals surface area contributed by atoms with Crippen molar-refractivity contribution < 1.29 is 41.1 Å². The summed E-state index contributed by atoms with van der Waals surface area (Å²) in [5, 5.41) is 21.2. The van der Waals surface area contributed by atoms with Gasteiger partial charge < -0.3 is 14.7 Å². The first kappa shape index (κ1) is 33.2. The first-order valence-electron chi connectivity index (χ1n) is 14.1. The Bertz CT molecular complexity index is 1280. The Morgan fingerprint density at radius 2 is 1.25 bits per heavy atom. The van der Waals surface area contributed by atoms with Crippen LogP contribution in [0.3, 0.4) is 0 Å². The fourth-order valence-electron chi connectivity index (χ4n) is 5.26. The Balaban J connectivity index is 1.27. The average molecular weight is 626 g/mol. The summed E-state index contributed by atoms with van der Waals surface area (Å²) in [6.45, 7) is 4.02. The first-order valence-corrected chi connectivity index (χ1v) is 14.1. The highest BCUT2D eigenvalue weighted by molar-refractivity contribution is 5.37. The molecule has 0 aromatic heterocycles. The number of halogens is 6. The molecule has 1 aliphatic heterocycles. The number of hydrogen-bond acceptors (Lipinski definition) is 6. The fraction of sp³-hybridized carbons (Fsp3) is 0.419. The molecule has 1 fully saturated rings. The number of aliphatic hydroxyl groups is 1. The molecular weight excluding hydrogens is 592 g/mol. The molecule has 0 bridgehead atoms. The van der Waals surface area contributed by atoms with Crippen LogP contribution in [0.1, 0.15) is 41.0 Å². The van der Waals surface area contributed by atoms with Crippen LogP contribution in [0.5, 0.6) is 5.75 Å². The van der Waals surface area contributed by atoms with Crippen molar-refractivity contribution in [3.8, 4) is 5.75 Å². The number of alkyl halides is 6. The zero-order chi connectivity index (χ0) is 31.9. The molecular formula is C31H33F6N3O4. The summed E-state index contributed by atoms with van der Waals surface area (Å²) < 4.78 is 84.1. The molecule has 1 unspecified atom stereocenters. The molecule has 3 aromatic rings. The van der Waals surface area contributed by atoms with E-state index in [0.717, 1.165) is 37.4 Å². The van der Waals surface area contributed by atoms with Crippen LogP contribution in [-0.4, -0.2) is 71.8 Å². The van der Waals surface area contributed by atoms with Crippen LogP contribution in [0.4, 0.5) is 32.0 Å². The van der Waals surface area contributed by atoms with E-state index in [1.807, 2.05) is 0 Å². The van der Waals surface area contributed by atoms with E-state index >= 15 is 0 Å². The van der Waals surface area contributed by atoms with Gasteiger partial charge in [-0.25, -0.2) is 0 Å². The van der Waals surface area contributed by atoms with Crippen molar-refractivity contribution in [2.75, 3.05) is 45.9 Å². The molecule has 1 heterocycles. The first-order chi connectivity index (χ1) is 20.8. The molecule has 7 nitrogen and oxygen atoms in total. The molecule has 0 saturated carbocycles. The number of non-ortho nitro benzene ring substituents is 1. The Kier molecular flexibility index (Phi) is 10.9. The quantitative estimate of drug-likeness (QED) is 0.139. The number of nitrogens with zero attached hydrogens (tertiary/aromatic N) is 3. The number of hydrogen-bond donors (Lipinski definition) is 1. The maximum absolute atomic E-state index is 13.1. The Hall–Kier alpha value is -3.68. The lowest BCUT2D eigenvalue weighted by molar-refractivity contribution is -0.384. The standard InChI is InChI=1S/C31H33F6N3O4/c32-30(33,34)24-7-3-22(4-8-24)29(23-5-9-25(10-6-23)31(35,36)37)2-1-15-38-16-18-39(19-17-38)20-27(41)21-44-28-13-11-26(12-14-28)40(42)43/h3-14,27,29,41H,1-2,15-21H2. The molecule has 238 valence electrons. The summed E-state index contributed by atoms with van der Waals surface area (Å²) in [7, 11) is 0. The number of β-amino-alcohol motifs (C(OH)–C–C–N with tert-alkyl or cyclic N) is 1. The molecule has 1 aliphatic rings. The Morgan fingerprint density at radius 1 is 0.773 bits per heavy atom. The van der Waals surface area contributed by atoms with Crippen molar-refractivity contribution in [2.24, 2.45) is 0 Å². The van der Waals surface area contributed by atoms with Crippen LogP contribution in [0.2, 0.25) is 0 Å². The highest BCUT2D eigenvalue weighted by atomic mass is 19.4. The minimum Gasteiger partial charge on any atom is -0.491 e. The monoisotopic (exact) mass is 625 g/mol. The normalized spacial score (nSPS) is 15.8. The van der Waals surface area contributed by atoms with Gasteiger partial charge in [-0.15, -0.1) is 0 Å². The van der Waals surface area contributed by atoms with Crippen LogP contribution >= 0.6 is 0 Å². The van der Waals surface area contributed by atoms with Crippen LogP contribution < -0.4 is 4.74 Å². The second kappa shape index (κ2) is 14.4. The van der Waals surface area contributed by atoms with Crippen molar-refractivity contribution in [3.05, 3.63) is 105 Å². The van der Waals surface area contributed by atoms with Crippen molar-refractivity contribution in [1.82, 2.24) is 9.80 Å². The van der Waals surface area contributed by atoms with E-state index < -0.39 is 34.5 Å². The van der Waals surface area contributed by atoms with Crippen molar-refractivity contribution >= 4 is 5.69 Å². The van der Waals surface area contributed by atoms with E-state index in [1.54, 1.807) is 0 Å². The van der Waals surface area contributed by atoms with Gasteiger partial charge in [0.25, 0.3) is 5.69 Å². The molecule has 44 heavy (non-hydrogen) atoms. The summed E-state index contributed by atoms with van der Waals surface area (Å²) >= 11 is 0. The summed E-state index contributed by atoms with van der Waals surface area (Å²) in [5.74, 6) is 0.0529. The summed E-state index contributed by atoms with van der Waals surface area (Å²) in [6.07, 6.45) is -8.51. The largest absolute Gasteiger partial charge is 0.491 e. The third-order valence-electron chi connectivity index (χ3n) is 7.67. The fourth-order valence-corrected chi connectivity index (χ4v) is 5.26. The highest BCUT2D eigenvalue weighted by Gasteiger charge is 2.32. The van der Waals surface area contributed by atoms with Crippen LogP contribution in [0.15, 0.2) is 72.8 Å². The zero-order valence-corrected chi connectivity index (χ0v) is 23.7. The van der Waals surface area contributed by atoms with Gasteiger partial charge in [0.2, 0.25) is 0 Å². The van der Waals surface area contributed by atoms with Gasteiger partial charge in [-0.1, -0.05) is 24.3 Å². The lowest BCUT2D eigenvalue weighted by Crippen LogP contribution is -2.49. The molecule has 0 amide bonds. The van der Waals surface area contributed by atoms with Crippen LogP contribution in [0.25, 0.3) is 0 Å². The predicted octanol–water partition coefficient (Wildman–Crippen LogP) is 6.60. The summed E-state index contributed by atoms with van der Waals surface area (Å²) in [6, 6.07) is 15.2. The van der Waals surface area contributed by atoms with Gasteiger partial charge in [0.15, 0.2) is 0 Å². The molecule has 4 rings (SSSR count). The lowest BCUT2D eigenvalue weighted by atomic mass is 9.86. The molecule has 0 spiro atoms. The minimum absolute atomic E-state index is 0.0350. The van der Waals surface area contributed by atoms with E-state index in [0.29, 0.717) is 55.9 Å². The lowest BCUT2D eigenvalue weighted by Gasteiger charge is -2.35. The van der Waals surface area contributed by atoms with Gasteiger partial charge in [0.05, 0.1) is 16.1 Å². The molecule has 13 heteroatoms. The van der Waals surface area contributed by atoms with Gasteiger partial charge >= 0.3 is 12.4 Å². The second-order valence-corrected chi connectivity index (χ2v) is 10.8. The van der Waals surface area contributed by atoms with Gasteiger partial charge in [0.1, 0.15) is 18.5 Å². The molecule has 1 atom stereocenters. The van der Waals surface area contributed by atoms with E-state index in [1.165, 1.54) is 48.5 Å². The van der Waals surface area contributed by atoms with Crippen molar-refractivity contribution in [2.45, 2.75) is 37.2 Å². The number of nitro benzene ring substituents is 1. The minimum atomic E-state index is -4.49. The maximum Gasteiger partial charge on any atom is 0.416 e. The van der Waals surface area contributed by atoms with Crippen LogP contribution in [0, 0.1) is 10.1 Å². The number of benzene rings is 3. The van der Waals surface area contributed by atoms with Gasteiger partial charge in [0, 0.05) is 50.8 Å². The van der Waals surface area contributed by atoms with Crippen molar-refractivity contribution in [3.63, 3.8) is 0 Å². The molecule has 0 aliphatic carbocycles. The van der Waals surface area contributed by atoms with Crippen molar-refractivity contribution in [1.29, 1.82) is 0 Å². The molecule has 1 saturated heterocycles. The third kappa shape index (κ3) is 9.41. The highest BCUT2D eigenvalue weighted by Crippen LogP contribution is 2.35. The van der Waals surface area contributed by atoms with E-state index in [4.69, 9.17) is 4.74 Å². The Labute approximate surface area is 250 Å². The number of rotatable bonds is 12. The maximum atomic E-state index is 13.1. The molecule has 3 aromatic carbocycles. The third-order valence-corrected chi connectivity index (χ3v) is 7.67. The number of ether oxygens (including phenoxy) is 1. The topological polar surface area (TPSA) is 79.1 Å². The predicted molar refractivity (Wildman–Crippen MR) is 151 cm³/mol. The summed E-state index contributed by atoms with van der Waals surface area (Å²) in [5.41, 5.74) is -0.410. The SMILES string of the molecule is O=[N+]([O-])c1ccc(OCC(O)CN2CCN(CCCC(c3ccc(C(F)(F)F)cc3)c3ccc(C(F)(F)F)cc3)CC2)cc1. The second-order valence-electron chi connectivity index (χ2n) is 10.8. The molecule has 1 N–H and O–H groups in total. The zero-order valence-electron chi connectivity index (χ0n) is 23.7. The van der Waals surface area contributed by atoms with Gasteiger partial charge in [-0.05, 0) is 66.9 Å². The average Bonchev–Trinajstić information content (AvgIpc) is 2.98. The number of aliphatic hydroxyl groups excluding tert-OH is 1. The number of nitro groups is 1. The van der Waals surface area contributed by atoms with Gasteiger partial charge in [-0.2, -0.15) is 26.3 Å². The molecule has 0 radical (unpaired) electrons. The Morgan fingerprint density at radius 3 is 1.70 bits per heavy atom. The van der Waals surface area contributed by atoms with E-state index in [-0.39, 0.29) is 18.2 Å². The smallest absolute Gasteiger partial charge is 0.416 e.